The largest absolute Gasteiger partial charge is 0.468 e. The van der Waals surface area contributed by atoms with Crippen molar-refractivity contribution in [3.63, 3.8) is 0 Å². The fraction of sp³-hybridized carbons (Fsp3) is 0.867. The molecule has 1 fully saturated rings. The Morgan fingerprint density at radius 3 is 2.14 bits per heavy atom. The number of rotatable bonds is 5. The lowest BCUT2D eigenvalue weighted by molar-refractivity contribution is -0.144. The lowest BCUT2D eigenvalue weighted by Crippen LogP contribution is -2.57. The summed E-state index contributed by atoms with van der Waals surface area (Å²) in [6.45, 7) is 9.46. The van der Waals surface area contributed by atoms with Crippen LogP contribution in [0.15, 0.2) is 0 Å². The molecular formula is C15H28N2O4. The maximum Gasteiger partial charge on any atom is 0.407 e. The molecule has 6 heteroatoms. The number of esters is 1. The van der Waals surface area contributed by atoms with Gasteiger partial charge in [-0.3, -0.25) is 4.79 Å². The fourth-order valence-electron chi connectivity index (χ4n) is 2.26. The number of ether oxygens (including phenoxy) is 2. The predicted octanol–water partition coefficient (Wildman–Crippen LogP) is 1.83. The van der Waals surface area contributed by atoms with Gasteiger partial charge in [-0.1, -0.05) is 13.8 Å². The topological polar surface area (TPSA) is 76.7 Å². The molecule has 1 rings (SSSR count). The minimum Gasteiger partial charge on any atom is -0.468 e. The zero-order valence-electron chi connectivity index (χ0n) is 13.9. The molecule has 1 aliphatic rings. The van der Waals surface area contributed by atoms with Gasteiger partial charge in [-0.15, -0.1) is 0 Å². The van der Waals surface area contributed by atoms with Gasteiger partial charge in [0, 0.05) is 12.1 Å². The molecule has 0 aromatic rings. The number of hydrogen-bond donors (Lipinski definition) is 2. The summed E-state index contributed by atoms with van der Waals surface area (Å²) in [5.41, 5.74) is -0.487. The van der Waals surface area contributed by atoms with Gasteiger partial charge in [-0.25, -0.2) is 4.79 Å². The number of nitrogens with one attached hydrogen (secondary N) is 2. The summed E-state index contributed by atoms with van der Waals surface area (Å²) in [5, 5.41) is 6.12. The Morgan fingerprint density at radius 1 is 1.14 bits per heavy atom. The smallest absolute Gasteiger partial charge is 0.407 e. The third kappa shape index (κ3) is 5.91. The summed E-state index contributed by atoms with van der Waals surface area (Å²) in [4.78, 5) is 23.3. The first-order valence-corrected chi connectivity index (χ1v) is 7.45. The molecule has 0 spiro atoms. The monoisotopic (exact) mass is 300 g/mol. The van der Waals surface area contributed by atoms with Crippen molar-refractivity contribution in [1.29, 1.82) is 0 Å². The van der Waals surface area contributed by atoms with E-state index in [-0.39, 0.29) is 36.1 Å². The van der Waals surface area contributed by atoms with E-state index in [2.05, 4.69) is 10.6 Å². The highest BCUT2D eigenvalue weighted by atomic mass is 16.6. The SMILES string of the molecule is COC(=O)[C@@H](NC1CC(NC(=O)OC(C)(C)C)C1)C(C)C. The third-order valence-electron chi connectivity index (χ3n) is 3.40. The standard InChI is InChI=1S/C15H28N2O4/c1-9(2)12(13(18)20-6)16-10-7-11(8-10)17-14(19)21-15(3,4)5/h9-12,16H,7-8H2,1-6H3,(H,17,19)/t10?,11?,12-/m0/s1. The van der Waals surface area contributed by atoms with Crippen molar-refractivity contribution < 1.29 is 19.1 Å². The van der Waals surface area contributed by atoms with Gasteiger partial charge in [-0.2, -0.15) is 0 Å². The van der Waals surface area contributed by atoms with Crippen molar-refractivity contribution in [1.82, 2.24) is 10.6 Å². The van der Waals surface area contributed by atoms with Crippen LogP contribution in [-0.2, 0) is 14.3 Å². The Morgan fingerprint density at radius 2 is 1.71 bits per heavy atom. The van der Waals surface area contributed by atoms with Crippen LogP contribution in [0.3, 0.4) is 0 Å². The minimum atomic E-state index is -0.487. The molecule has 0 aliphatic heterocycles. The fourth-order valence-corrected chi connectivity index (χ4v) is 2.26. The molecule has 1 atom stereocenters. The van der Waals surface area contributed by atoms with E-state index in [9.17, 15) is 9.59 Å². The van der Waals surface area contributed by atoms with Crippen molar-refractivity contribution in [2.45, 2.75) is 71.2 Å². The highest BCUT2D eigenvalue weighted by molar-refractivity contribution is 5.76. The third-order valence-corrected chi connectivity index (χ3v) is 3.40. The average molecular weight is 300 g/mol. The normalized spacial score (nSPS) is 23.2. The van der Waals surface area contributed by atoms with Gasteiger partial charge < -0.3 is 20.1 Å². The first-order chi connectivity index (χ1) is 9.62. The number of amides is 1. The van der Waals surface area contributed by atoms with Gasteiger partial charge >= 0.3 is 12.1 Å². The summed E-state index contributed by atoms with van der Waals surface area (Å²) in [6.07, 6.45) is 1.19. The highest BCUT2D eigenvalue weighted by Crippen LogP contribution is 2.22. The van der Waals surface area contributed by atoms with Crippen LogP contribution in [-0.4, -0.2) is 42.9 Å². The summed E-state index contributed by atoms with van der Waals surface area (Å²) >= 11 is 0. The van der Waals surface area contributed by atoms with Gasteiger partial charge in [0.15, 0.2) is 0 Å². The molecule has 1 saturated carbocycles. The van der Waals surface area contributed by atoms with E-state index in [0.717, 1.165) is 12.8 Å². The molecular weight excluding hydrogens is 272 g/mol. The second-order valence-electron chi connectivity index (χ2n) is 6.92. The number of methoxy groups -OCH3 is 1. The second kappa shape index (κ2) is 7.11. The highest BCUT2D eigenvalue weighted by Gasteiger charge is 2.35. The molecule has 0 bridgehead atoms. The predicted molar refractivity (Wildman–Crippen MR) is 80.0 cm³/mol. The molecule has 21 heavy (non-hydrogen) atoms. The van der Waals surface area contributed by atoms with Crippen LogP contribution in [0, 0.1) is 5.92 Å². The molecule has 6 nitrogen and oxygen atoms in total. The average Bonchev–Trinajstić information content (AvgIpc) is 2.28. The van der Waals surface area contributed by atoms with Gasteiger partial charge in [0.05, 0.1) is 7.11 Å². The van der Waals surface area contributed by atoms with Crippen molar-refractivity contribution in [2.24, 2.45) is 5.92 Å². The Bertz CT molecular complexity index is 370. The van der Waals surface area contributed by atoms with E-state index in [1.54, 1.807) is 0 Å². The Labute approximate surface area is 126 Å². The molecule has 0 heterocycles. The molecule has 1 amide bonds. The van der Waals surface area contributed by atoms with Crippen molar-refractivity contribution in [3.8, 4) is 0 Å². The number of hydrogen-bond acceptors (Lipinski definition) is 5. The zero-order valence-corrected chi connectivity index (χ0v) is 13.9. The summed E-state index contributed by atoms with van der Waals surface area (Å²) in [7, 11) is 1.40. The van der Waals surface area contributed by atoms with Gasteiger partial charge in [0.25, 0.3) is 0 Å². The molecule has 0 aromatic heterocycles. The zero-order chi connectivity index (χ0) is 16.2. The van der Waals surface area contributed by atoms with E-state index in [1.165, 1.54) is 7.11 Å². The van der Waals surface area contributed by atoms with Crippen molar-refractivity contribution >= 4 is 12.1 Å². The maximum absolute atomic E-state index is 11.7. The molecule has 2 N–H and O–H groups in total. The van der Waals surface area contributed by atoms with Crippen LogP contribution < -0.4 is 10.6 Å². The van der Waals surface area contributed by atoms with Crippen LogP contribution in [0.2, 0.25) is 0 Å². The number of carbonyl (C=O) groups excluding carboxylic acids is 2. The quantitative estimate of drug-likeness (QED) is 0.758. The van der Waals surface area contributed by atoms with E-state index in [4.69, 9.17) is 9.47 Å². The van der Waals surface area contributed by atoms with Crippen LogP contribution in [0.1, 0.15) is 47.5 Å². The molecule has 0 radical (unpaired) electrons. The molecule has 1 aliphatic carbocycles. The Kier molecular flexibility index (Phi) is 6.01. The van der Waals surface area contributed by atoms with Crippen molar-refractivity contribution in [2.75, 3.05) is 7.11 Å². The van der Waals surface area contributed by atoms with Gasteiger partial charge in [0.2, 0.25) is 0 Å². The van der Waals surface area contributed by atoms with E-state index < -0.39 is 5.60 Å². The molecule has 0 aromatic carbocycles. The van der Waals surface area contributed by atoms with Crippen LogP contribution in [0.5, 0.6) is 0 Å². The van der Waals surface area contributed by atoms with Crippen molar-refractivity contribution in [3.05, 3.63) is 0 Å². The Balaban J connectivity index is 2.33. The lowest BCUT2D eigenvalue weighted by atomic mass is 9.85. The molecule has 122 valence electrons. The first kappa shape index (κ1) is 17.8. The number of carbonyl (C=O) groups is 2. The van der Waals surface area contributed by atoms with E-state index in [0.29, 0.717) is 0 Å². The maximum atomic E-state index is 11.7. The first-order valence-electron chi connectivity index (χ1n) is 7.45. The summed E-state index contributed by atoms with van der Waals surface area (Å²) in [5.74, 6) is -0.0798. The summed E-state index contributed by atoms with van der Waals surface area (Å²) in [6, 6.07) is 0.0155. The van der Waals surface area contributed by atoms with Crippen LogP contribution in [0.4, 0.5) is 4.79 Å². The lowest BCUT2D eigenvalue weighted by Gasteiger charge is -2.39. The minimum absolute atomic E-state index is 0.0998. The van der Waals surface area contributed by atoms with Gasteiger partial charge in [-0.05, 0) is 39.5 Å². The molecule has 0 saturated heterocycles. The number of alkyl carbamates (subject to hydrolysis) is 1. The van der Waals surface area contributed by atoms with Crippen LogP contribution >= 0.6 is 0 Å². The summed E-state index contributed by atoms with van der Waals surface area (Å²) < 4.78 is 10.0. The second-order valence-corrected chi connectivity index (χ2v) is 6.92. The van der Waals surface area contributed by atoms with Crippen LogP contribution in [0.25, 0.3) is 0 Å². The molecule has 0 unspecified atom stereocenters. The van der Waals surface area contributed by atoms with Gasteiger partial charge in [0.1, 0.15) is 11.6 Å². The Hall–Kier alpha value is -1.30. The van der Waals surface area contributed by atoms with E-state index in [1.807, 2.05) is 34.6 Å². The van der Waals surface area contributed by atoms with E-state index >= 15 is 0 Å².